The van der Waals surface area contributed by atoms with Crippen molar-refractivity contribution >= 4 is 23.4 Å². The van der Waals surface area contributed by atoms with E-state index >= 15 is 0 Å². The average Bonchev–Trinajstić information content (AvgIpc) is 2.23. The molecule has 1 aromatic carbocycles. The van der Waals surface area contributed by atoms with Crippen LogP contribution in [0.5, 0.6) is 0 Å². The molecular weight excluding hydrogens is 257 g/mol. The van der Waals surface area contributed by atoms with Gasteiger partial charge in [-0.3, -0.25) is 0 Å². The molecule has 0 aromatic heterocycles. The van der Waals surface area contributed by atoms with Crippen LogP contribution < -0.4 is 5.73 Å². The second kappa shape index (κ2) is 7.24. The summed E-state index contributed by atoms with van der Waals surface area (Å²) >= 11 is 7.48. The molecule has 0 amide bonds. The van der Waals surface area contributed by atoms with Crippen molar-refractivity contribution in [2.24, 2.45) is 11.7 Å². The fourth-order valence-corrected chi connectivity index (χ4v) is 2.63. The Bertz CT molecular complexity index is 357. The zero-order valence-electron chi connectivity index (χ0n) is 10.2. The van der Waals surface area contributed by atoms with Gasteiger partial charge >= 0.3 is 0 Å². The fraction of sp³-hybridized carbons (Fsp3) is 0.538. The Morgan fingerprint density at radius 1 is 1.35 bits per heavy atom. The lowest BCUT2D eigenvalue weighted by Crippen LogP contribution is -2.26. The lowest BCUT2D eigenvalue weighted by Gasteiger charge is -2.12. The van der Waals surface area contributed by atoms with Crippen LogP contribution in [0.2, 0.25) is 5.02 Å². The standard InChI is InChI=1S/C13H19ClFNS/c1-9(2)7-17-8-11(16)5-10-3-4-12(14)13(15)6-10/h3-4,6,9,11H,5,7-8,16H2,1-2H3. The SMILES string of the molecule is CC(C)CSCC(N)Cc1ccc(Cl)c(F)c1. The first-order valence-corrected chi connectivity index (χ1v) is 7.29. The minimum Gasteiger partial charge on any atom is -0.327 e. The van der Waals surface area contributed by atoms with Gasteiger partial charge in [0.1, 0.15) is 5.82 Å². The van der Waals surface area contributed by atoms with Crippen LogP contribution in [0, 0.1) is 11.7 Å². The number of rotatable bonds is 6. The molecule has 0 aliphatic carbocycles. The van der Waals surface area contributed by atoms with Gasteiger partial charge in [-0.15, -0.1) is 0 Å². The molecule has 1 unspecified atom stereocenters. The number of halogens is 2. The number of hydrogen-bond donors (Lipinski definition) is 1. The topological polar surface area (TPSA) is 26.0 Å². The highest BCUT2D eigenvalue weighted by Crippen LogP contribution is 2.17. The van der Waals surface area contributed by atoms with E-state index in [0.717, 1.165) is 17.1 Å². The van der Waals surface area contributed by atoms with Crippen LogP contribution in [0.25, 0.3) is 0 Å². The van der Waals surface area contributed by atoms with Crippen LogP contribution in [0.1, 0.15) is 19.4 Å². The number of thioether (sulfide) groups is 1. The highest BCUT2D eigenvalue weighted by atomic mass is 35.5. The second-order valence-electron chi connectivity index (χ2n) is 4.64. The smallest absolute Gasteiger partial charge is 0.142 e. The van der Waals surface area contributed by atoms with Crippen molar-refractivity contribution < 1.29 is 4.39 Å². The van der Waals surface area contributed by atoms with Gasteiger partial charge in [-0.25, -0.2) is 4.39 Å². The predicted molar refractivity (Wildman–Crippen MR) is 75.3 cm³/mol. The van der Waals surface area contributed by atoms with Crippen LogP contribution >= 0.6 is 23.4 Å². The molecule has 0 saturated carbocycles. The van der Waals surface area contributed by atoms with E-state index in [-0.39, 0.29) is 16.9 Å². The summed E-state index contributed by atoms with van der Waals surface area (Å²) in [5.74, 6) is 2.33. The van der Waals surface area contributed by atoms with Gasteiger partial charge in [0, 0.05) is 11.8 Å². The Labute approximate surface area is 112 Å². The second-order valence-corrected chi connectivity index (χ2v) is 6.13. The minimum absolute atomic E-state index is 0.0688. The quantitative estimate of drug-likeness (QED) is 0.856. The van der Waals surface area contributed by atoms with Crippen molar-refractivity contribution in [3.05, 3.63) is 34.6 Å². The van der Waals surface area contributed by atoms with Gasteiger partial charge in [0.05, 0.1) is 5.02 Å². The summed E-state index contributed by atoms with van der Waals surface area (Å²) in [4.78, 5) is 0. The molecule has 1 atom stereocenters. The molecule has 0 radical (unpaired) electrons. The van der Waals surface area contributed by atoms with Gasteiger partial charge in [-0.05, 0) is 35.8 Å². The van der Waals surface area contributed by atoms with Crippen molar-refractivity contribution in [1.29, 1.82) is 0 Å². The molecule has 1 aromatic rings. The van der Waals surface area contributed by atoms with Crippen molar-refractivity contribution in [1.82, 2.24) is 0 Å². The first kappa shape index (κ1) is 14.8. The normalized spacial score (nSPS) is 13.1. The monoisotopic (exact) mass is 275 g/mol. The summed E-state index contributed by atoms with van der Waals surface area (Å²) in [5, 5.41) is 0.163. The molecule has 4 heteroatoms. The summed E-state index contributed by atoms with van der Waals surface area (Å²) in [6.45, 7) is 4.38. The van der Waals surface area contributed by atoms with E-state index in [4.69, 9.17) is 17.3 Å². The zero-order valence-corrected chi connectivity index (χ0v) is 11.8. The zero-order chi connectivity index (χ0) is 12.8. The van der Waals surface area contributed by atoms with Crippen molar-refractivity contribution in [3.8, 4) is 0 Å². The lowest BCUT2D eigenvalue weighted by molar-refractivity contribution is 0.623. The van der Waals surface area contributed by atoms with Gasteiger partial charge < -0.3 is 5.73 Å². The Morgan fingerprint density at radius 3 is 2.65 bits per heavy atom. The highest BCUT2D eigenvalue weighted by molar-refractivity contribution is 7.99. The number of benzene rings is 1. The van der Waals surface area contributed by atoms with Crippen LogP contribution in [-0.2, 0) is 6.42 Å². The maximum Gasteiger partial charge on any atom is 0.142 e. The van der Waals surface area contributed by atoms with Crippen molar-refractivity contribution in [3.63, 3.8) is 0 Å². The summed E-state index contributed by atoms with van der Waals surface area (Å²) in [6.07, 6.45) is 0.694. The molecule has 96 valence electrons. The molecule has 0 spiro atoms. The molecule has 17 heavy (non-hydrogen) atoms. The summed E-state index contributed by atoms with van der Waals surface area (Å²) in [6, 6.07) is 4.95. The third kappa shape index (κ3) is 5.75. The molecule has 0 saturated heterocycles. The van der Waals surface area contributed by atoms with Crippen LogP contribution in [-0.4, -0.2) is 17.5 Å². The molecule has 0 aliphatic rings. The first-order valence-electron chi connectivity index (χ1n) is 5.76. The van der Waals surface area contributed by atoms with Gasteiger partial charge in [-0.1, -0.05) is 31.5 Å². The molecule has 1 rings (SSSR count). The predicted octanol–water partition coefficient (Wildman–Crippen LogP) is 3.74. The maximum absolute atomic E-state index is 13.2. The van der Waals surface area contributed by atoms with E-state index in [0.29, 0.717) is 12.3 Å². The Kier molecular flexibility index (Phi) is 6.31. The Morgan fingerprint density at radius 2 is 2.06 bits per heavy atom. The van der Waals surface area contributed by atoms with E-state index in [1.165, 1.54) is 6.07 Å². The minimum atomic E-state index is -0.369. The van der Waals surface area contributed by atoms with Crippen LogP contribution in [0.3, 0.4) is 0 Å². The molecule has 0 aliphatic heterocycles. The van der Waals surface area contributed by atoms with Crippen LogP contribution in [0.4, 0.5) is 4.39 Å². The maximum atomic E-state index is 13.2. The van der Waals surface area contributed by atoms with Crippen molar-refractivity contribution in [2.75, 3.05) is 11.5 Å². The lowest BCUT2D eigenvalue weighted by atomic mass is 10.1. The number of nitrogens with two attached hydrogens (primary N) is 1. The van der Waals surface area contributed by atoms with Gasteiger partial charge in [0.2, 0.25) is 0 Å². The molecule has 2 N–H and O–H groups in total. The Hall–Kier alpha value is -0.250. The Balaban J connectivity index is 2.39. The largest absolute Gasteiger partial charge is 0.327 e. The summed E-state index contributed by atoms with van der Waals surface area (Å²) in [5.41, 5.74) is 6.91. The summed E-state index contributed by atoms with van der Waals surface area (Å²) < 4.78 is 13.2. The highest BCUT2D eigenvalue weighted by Gasteiger charge is 2.07. The van der Waals surface area contributed by atoms with Crippen LogP contribution in [0.15, 0.2) is 18.2 Å². The third-order valence-corrected chi connectivity index (χ3v) is 4.14. The number of hydrogen-bond acceptors (Lipinski definition) is 2. The van der Waals surface area contributed by atoms with Gasteiger partial charge in [-0.2, -0.15) is 11.8 Å². The molecule has 0 heterocycles. The molecule has 0 fully saturated rings. The molecular formula is C13H19ClFNS. The van der Waals surface area contributed by atoms with Gasteiger partial charge in [0.25, 0.3) is 0 Å². The van der Waals surface area contributed by atoms with E-state index < -0.39 is 0 Å². The van der Waals surface area contributed by atoms with E-state index in [1.807, 2.05) is 17.8 Å². The average molecular weight is 276 g/mol. The fourth-order valence-electron chi connectivity index (χ4n) is 1.48. The van der Waals surface area contributed by atoms with Crippen molar-refractivity contribution in [2.45, 2.75) is 26.3 Å². The van der Waals surface area contributed by atoms with Gasteiger partial charge in [0.15, 0.2) is 0 Å². The van der Waals surface area contributed by atoms with E-state index in [2.05, 4.69) is 13.8 Å². The van der Waals surface area contributed by atoms with E-state index in [9.17, 15) is 4.39 Å². The first-order chi connectivity index (χ1) is 7.99. The van der Waals surface area contributed by atoms with E-state index in [1.54, 1.807) is 6.07 Å². The third-order valence-electron chi connectivity index (χ3n) is 2.27. The molecule has 0 bridgehead atoms. The molecule has 1 nitrogen and oxygen atoms in total. The summed E-state index contributed by atoms with van der Waals surface area (Å²) in [7, 11) is 0.